The van der Waals surface area contributed by atoms with Crippen LogP contribution < -0.4 is 29.6 Å². The molecule has 2 N–H and O–H groups in total. The number of hydrogen-bond donors (Lipinski definition) is 2. The van der Waals surface area contributed by atoms with Gasteiger partial charge >= 0.3 is 0 Å². The van der Waals surface area contributed by atoms with Gasteiger partial charge in [-0.05, 0) is 36.4 Å². The van der Waals surface area contributed by atoms with Gasteiger partial charge in [-0.25, -0.2) is 0 Å². The number of ether oxygens (including phenoxy) is 4. The molecule has 2 amide bonds. The third kappa shape index (κ3) is 5.17. The molecule has 8 nitrogen and oxygen atoms in total. The maximum Gasteiger partial charge on any atom is 0.255 e. The molecule has 0 fully saturated rings. The van der Waals surface area contributed by atoms with Crippen LogP contribution in [0.1, 0.15) is 20.7 Å². The first kappa shape index (κ1) is 24.4. The molecule has 0 aliphatic heterocycles. The number of carbonyl (C=O) groups is 2. The normalized spacial score (nSPS) is 10.4. The Kier molecular flexibility index (Phi) is 7.25. The summed E-state index contributed by atoms with van der Waals surface area (Å²) in [5.41, 5.74) is 1.97. The number of amides is 2. The highest BCUT2D eigenvalue weighted by atomic mass is 16.5. The van der Waals surface area contributed by atoms with E-state index >= 15 is 0 Å². The van der Waals surface area contributed by atoms with E-state index in [-0.39, 0.29) is 11.8 Å². The lowest BCUT2D eigenvalue weighted by molar-refractivity contribution is 0.101. The van der Waals surface area contributed by atoms with Crippen molar-refractivity contribution in [1.82, 2.24) is 0 Å². The minimum atomic E-state index is -0.322. The third-order valence-corrected chi connectivity index (χ3v) is 5.65. The molecule has 0 aromatic heterocycles. The van der Waals surface area contributed by atoms with Crippen molar-refractivity contribution in [3.8, 4) is 23.0 Å². The third-order valence-electron chi connectivity index (χ3n) is 5.65. The lowest BCUT2D eigenvalue weighted by atomic mass is 10.1. The molecule has 0 atom stereocenters. The molecule has 0 aliphatic rings. The second-order valence-electron chi connectivity index (χ2n) is 7.82. The van der Waals surface area contributed by atoms with Gasteiger partial charge in [-0.3, -0.25) is 9.59 Å². The lowest BCUT2D eigenvalue weighted by Crippen LogP contribution is -2.14. The van der Waals surface area contributed by atoms with Crippen molar-refractivity contribution in [2.75, 3.05) is 39.1 Å². The number of nitrogens with one attached hydrogen (secondary N) is 2. The highest BCUT2D eigenvalue weighted by molar-refractivity contribution is 6.14. The molecular formula is C28H26N2O6. The van der Waals surface area contributed by atoms with Gasteiger partial charge in [0.15, 0.2) is 0 Å². The summed E-state index contributed by atoms with van der Waals surface area (Å²) in [6.45, 7) is 0. The van der Waals surface area contributed by atoms with Crippen LogP contribution in [0.15, 0.2) is 72.8 Å². The Labute approximate surface area is 208 Å². The quantitative estimate of drug-likeness (QED) is 0.347. The summed E-state index contributed by atoms with van der Waals surface area (Å²) in [6, 6.07) is 20.9. The average Bonchev–Trinajstić information content (AvgIpc) is 2.92. The summed E-state index contributed by atoms with van der Waals surface area (Å²) < 4.78 is 21.1. The van der Waals surface area contributed by atoms with Gasteiger partial charge in [0.2, 0.25) is 0 Å². The summed E-state index contributed by atoms with van der Waals surface area (Å²) in [5, 5.41) is 7.43. The smallest absolute Gasteiger partial charge is 0.255 e. The Morgan fingerprint density at radius 3 is 1.17 bits per heavy atom. The molecule has 4 rings (SSSR count). The molecule has 0 bridgehead atoms. The number of anilines is 2. The fourth-order valence-corrected chi connectivity index (χ4v) is 3.79. The maximum atomic E-state index is 13.0. The Bertz CT molecular complexity index is 1280. The molecule has 4 aromatic rings. The van der Waals surface area contributed by atoms with Gasteiger partial charge in [0.05, 0.1) is 28.4 Å². The summed E-state index contributed by atoms with van der Waals surface area (Å²) in [4.78, 5) is 26.1. The van der Waals surface area contributed by atoms with Crippen LogP contribution in [-0.4, -0.2) is 40.3 Å². The van der Waals surface area contributed by atoms with E-state index in [2.05, 4.69) is 10.6 Å². The van der Waals surface area contributed by atoms with Crippen molar-refractivity contribution in [3.63, 3.8) is 0 Å². The molecule has 0 spiro atoms. The van der Waals surface area contributed by atoms with Crippen LogP contribution in [0.4, 0.5) is 11.4 Å². The Balaban J connectivity index is 1.64. The van der Waals surface area contributed by atoms with Crippen molar-refractivity contribution in [3.05, 3.63) is 83.9 Å². The zero-order valence-electron chi connectivity index (χ0n) is 20.4. The van der Waals surface area contributed by atoms with Gasteiger partial charge in [-0.1, -0.05) is 24.3 Å². The minimum Gasteiger partial charge on any atom is -0.497 e. The number of hydrogen-bond acceptors (Lipinski definition) is 6. The van der Waals surface area contributed by atoms with E-state index in [1.165, 1.54) is 28.4 Å². The zero-order chi connectivity index (χ0) is 25.7. The second kappa shape index (κ2) is 10.7. The van der Waals surface area contributed by atoms with E-state index in [4.69, 9.17) is 18.9 Å². The first-order chi connectivity index (χ1) is 17.4. The predicted molar refractivity (Wildman–Crippen MR) is 139 cm³/mol. The fraction of sp³-hybridized carbons (Fsp3) is 0.143. The highest BCUT2D eigenvalue weighted by Gasteiger charge is 2.15. The number of methoxy groups -OCH3 is 4. The van der Waals surface area contributed by atoms with Crippen LogP contribution in [0.2, 0.25) is 0 Å². The van der Waals surface area contributed by atoms with Crippen LogP contribution in [0.3, 0.4) is 0 Å². The van der Waals surface area contributed by atoms with Gasteiger partial charge in [-0.2, -0.15) is 0 Å². The van der Waals surface area contributed by atoms with Crippen molar-refractivity contribution in [2.45, 2.75) is 0 Å². The molecule has 0 unspecified atom stereocenters. The van der Waals surface area contributed by atoms with Crippen molar-refractivity contribution in [1.29, 1.82) is 0 Å². The SMILES string of the molecule is COc1cc(OC)cc(C(=O)Nc2cccc3c(NC(=O)c4cc(OC)cc(OC)c4)cccc23)c1. The summed E-state index contributed by atoms with van der Waals surface area (Å²) >= 11 is 0. The van der Waals surface area contributed by atoms with Gasteiger partial charge in [0.1, 0.15) is 23.0 Å². The average molecular weight is 487 g/mol. The first-order valence-corrected chi connectivity index (χ1v) is 11.1. The molecule has 0 radical (unpaired) electrons. The van der Waals surface area contributed by atoms with Gasteiger partial charge in [-0.15, -0.1) is 0 Å². The van der Waals surface area contributed by atoms with Crippen molar-refractivity contribution >= 4 is 34.0 Å². The van der Waals surface area contributed by atoms with Gasteiger partial charge < -0.3 is 29.6 Å². The summed E-state index contributed by atoms with van der Waals surface area (Å²) in [5.74, 6) is 1.40. The second-order valence-corrected chi connectivity index (χ2v) is 7.82. The Morgan fingerprint density at radius 1 is 0.528 bits per heavy atom. The minimum absolute atomic E-state index is 0.322. The zero-order valence-corrected chi connectivity index (χ0v) is 20.4. The standard InChI is InChI=1S/C28H26N2O6/c1-33-19-11-17(12-20(15-19)34-2)27(31)29-25-9-5-8-24-23(25)7-6-10-26(24)30-28(32)18-13-21(35-3)16-22(14-18)36-4/h5-16H,1-4H3,(H,29,31)(H,30,32). The highest BCUT2D eigenvalue weighted by Crippen LogP contribution is 2.31. The van der Waals surface area contributed by atoms with Crippen LogP contribution in [0, 0.1) is 0 Å². The van der Waals surface area contributed by atoms with Crippen LogP contribution in [0.25, 0.3) is 10.8 Å². The maximum absolute atomic E-state index is 13.0. The number of benzene rings is 4. The van der Waals surface area contributed by atoms with E-state index < -0.39 is 0 Å². The van der Waals surface area contributed by atoms with E-state index in [0.717, 1.165) is 10.8 Å². The number of carbonyl (C=O) groups excluding carboxylic acids is 2. The van der Waals surface area contributed by atoms with Crippen molar-refractivity contribution < 1.29 is 28.5 Å². The van der Waals surface area contributed by atoms with Crippen molar-refractivity contribution in [2.24, 2.45) is 0 Å². The molecular weight excluding hydrogens is 460 g/mol. The van der Waals surface area contributed by atoms with Crippen LogP contribution >= 0.6 is 0 Å². The van der Waals surface area contributed by atoms with Gasteiger partial charge in [0.25, 0.3) is 11.8 Å². The molecule has 184 valence electrons. The molecule has 8 heteroatoms. The first-order valence-electron chi connectivity index (χ1n) is 11.1. The topological polar surface area (TPSA) is 95.1 Å². The van der Waals surface area contributed by atoms with Crippen LogP contribution in [0.5, 0.6) is 23.0 Å². The van der Waals surface area contributed by atoms with E-state index in [1.54, 1.807) is 48.5 Å². The Hall–Kier alpha value is -4.72. The van der Waals surface area contributed by atoms with E-state index in [9.17, 15) is 9.59 Å². The number of fused-ring (bicyclic) bond motifs is 1. The predicted octanol–water partition coefficient (Wildman–Crippen LogP) is 5.38. The van der Waals surface area contributed by atoms with Crippen LogP contribution in [-0.2, 0) is 0 Å². The van der Waals surface area contributed by atoms with E-state index in [0.29, 0.717) is 45.5 Å². The largest absolute Gasteiger partial charge is 0.497 e. The Morgan fingerprint density at radius 2 is 0.861 bits per heavy atom. The fourth-order valence-electron chi connectivity index (χ4n) is 3.79. The molecule has 0 heterocycles. The lowest BCUT2D eigenvalue weighted by Gasteiger charge is -2.14. The molecule has 4 aromatic carbocycles. The molecule has 0 saturated carbocycles. The summed E-state index contributed by atoms with van der Waals surface area (Å²) in [6.07, 6.45) is 0. The monoisotopic (exact) mass is 486 g/mol. The number of rotatable bonds is 8. The van der Waals surface area contributed by atoms with E-state index in [1.807, 2.05) is 24.3 Å². The molecule has 0 aliphatic carbocycles. The molecule has 0 saturated heterocycles. The summed E-state index contributed by atoms with van der Waals surface area (Å²) in [7, 11) is 6.11. The van der Waals surface area contributed by atoms with Gasteiger partial charge in [0, 0.05) is 45.4 Å². The molecule has 36 heavy (non-hydrogen) atoms.